The van der Waals surface area contributed by atoms with Gasteiger partial charge in [0, 0.05) is 18.2 Å². The number of carbonyl (C=O) groups excluding carboxylic acids is 3. The largest absolute Gasteiger partial charge is 0.416 e. The fourth-order valence-corrected chi connectivity index (χ4v) is 5.89. The maximum absolute atomic E-state index is 13.8. The van der Waals surface area contributed by atoms with Gasteiger partial charge in [-0.2, -0.15) is 13.2 Å². The van der Waals surface area contributed by atoms with Gasteiger partial charge in [0.15, 0.2) is 0 Å². The van der Waals surface area contributed by atoms with Crippen LogP contribution in [-0.4, -0.2) is 47.7 Å². The van der Waals surface area contributed by atoms with Crippen LogP contribution < -0.4 is 21.3 Å². The van der Waals surface area contributed by atoms with Crippen molar-refractivity contribution in [2.75, 3.05) is 11.9 Å². The van der Waals surface area contributed by atoms with Crippen molar-refractivity contribution in [1.29, 1.82) is 0 Å². The summed E-state index contributed by atoms with van der Waals surface area (Å²) in [7, 11) is 1.55. The Morgan fingerprint density at radius 2 is 1.55 bits per heavy atom. The van der Waals surface area contributed by atoms with E-state index in [1.165, 1.54) is 17.0 Å². The lowest BCUT2D eigenvalue weighted by Gasteiger charge is -2.34. The van der Waals surface area contributed by atoms with Gasteiger partial charge in [-0.25, -0.2) is 4.99 Å². The number of alkyl halides is 3. The minimum absolute atomic E-state index is 0.267. The SMILES string of the molecule is CN1C(=O)[C@@H](NC(=O)C2(NC(=O)C3(N)CCCC3)CCCC2)N=C(c2ccc(C(F)(F)F)cc2)c2ccccc21. The summed E-state index contributed by atoms with van der Waals surface area (Å²) >= 11 is 0. The summed E-state index contributed by atoms with van der Waals surface area (Å²) in [5, 5.41) is 5.68. The van der Waals surface area contributed by atoms with Gasteiger partial charge in [-0.3, -0.25) is 14.4 Å². The second kappa shape index (κ2) is 10.3. The van der Waals surface area contributed by atoms with E-state index in [1.807, 2.05) is 0 Å². The van der Waals surface area contributed by atoms with E-state index < -0.39 is 40.8 Å². The molecule has 0 radical (unpaired) electrons. The second-order valence-electron chi connectivity index (χ2n) is 10.9. The Hall–Kier alpha value is -3.73. The van der Waals surface area contributed by atoms with Crippen LogP contribution in [0.5, 0.6) is 0 Å². The van der Waals surface area contributed by atoms with Crippen LogP contribution >= 0.6 is 0 Å². The first-order valence-electron chi connectivity index (χ1n) is 13.5. The molecule has 0 spiro atoms. The smallest absolute Gasteiger partial charge is 0.340 e. The average molecular weight is 556 g/mol. The van der Waals surface area contributed by atoms with E-state index in [0.717, 1.165) is 37.8 Å². The molecule has 3 amide bonds. The van der Waals surface area contributed by atoms with E-state index in [4.69, 9.17) is 5.73 Å². The molecule has 8 nitrogen and oxygen atoms in total. The van der Waals surface area contributed by atoms with Crippen LogP contribution in [0.15, 0.2) is 53.5 Å². The molecule has 0 aromatic heterocycles. The van der Waals surface area contributed by atoms with Crippen molar-refractivity contribution in [3.63, 3.8) is 0 Å². The number of hydrogen-bond donors (Lipinski definition) is 3. The number of fused-ring (bicyclic) bond motifs is 1. The van der Waals surface area contributed by atoms with Gasteiger partial charge in [-0.15, -0.1) is 0 Å². The number of nitrogens with one attached hydrogen (secondary N) is 2. The van der Waals surface area contributed by atoms with Crippen LogP contribution in [0.25, 0.3) is 0 Å². The fourth-order valence-electron chi connectivity index (χ4n) is 5.89. The zero-order valence-electron chi connectivity index (χ0n) is 22.2. The van der Waals surface area contributed by atoms with E-state index in [2.05, 4.69) is 15.6 Å². The third-order valence-corrected chi connectivity index (χ3v) is 8.29. The molecule has 0 bridgehead atoms. The second-order valence-corrected chi connectivity index (χ2v) is 10.9. The van der Waals surface area contributed by atoms with Crippen LogP contribution in [0, 0.1) is 0 Å². The molecule has 4 N–H and O–H groups in total. The summed E-state index contributed by atoms with van der Waals surface area (Å²) < 4.78 is 39.6. The molecule has 2 aromatic rings. The first-order valence-corrected chi connectivity index (χ1v) is 13.5. The van der Waals surface area contributed by atoms with E-state index in [1.54, 1.807) is 31.3 Å². The van der Waals surface area contributed by atoms with E-state index in [0.29, 0.717) is 42.5 Å². The van der Waals surface area contributed by atoms with Crippen molar-refractivity contribution in [3.8, 4) is 0 Å². The normalized spacial score (nSPS) is 21.8. The van der Waals surface area contributed by atoms with Crippen LogP contribution in [0.3, 0.4) is 0 Å². The lowest BCUT2D eigenvalue weighted by atomic mass is 9.91. The molecule has 5 rings (SSSR count). The Morgan fingerprint density at radius 1 is 0.950 bits per heavy atom. The zero-order valence-corrected chi connectivity index (χ0v) is 22.2. The van der Waals surface area contributed by atoms with E-state index in [-0.39, 0.29) is 11.6 Å². The monoisotopic (exact) mass is 555 g/mol. The van der Waals surface area contributed by atoms with Crippen LogP contribution in [0.1, 0.15) is 68.1 Å². The number of carbonyl (C=O) groups is 3. The van der Waals surface area contributed by atoms with Gasteiger partial charge in [0.25, 0.3) is 5.91 Å². The third kappa shape index (κ3) is 5.10. The highest BCUT2D eigenvalue weighted by atomic mass is 19.4. The summed E-state index contributed by atoms with van der Waals surface area (Å²) in [6, 6.07) is 11.4. The summed E-state index contributed by atoms with van der Waals surface area (Å²) in [6.07, 6.45) is -0.875. The van der Waals surface area contributed by atoms with Crippen LogP contribution in [-0.2, 0) is 20.6 Å². The molecule has 0 unspecified atom stereocenters. The average Bonchev–Trinajstić information content (AvgIpc) is 3.58. The topological polar surface area (TPSA) is 117 Å². The number of amides is 3. The number of nitrogens with two attached hydrogens (primary N) is 1. The maximum Gasteiger partial charge on any atom is 0.416 e. The Balaban J connectivity index is 1.49. The molecule has 212 valence electrons. The highest BCUT2D eigenvalue weighted by Crippen LogP contribution is 2.35. The lowest BCUT2D eigenvalue weighted by molar-refractivity contribution is -0.137. The van der Waals surface area contributed by atoms with E-state index >= 15 is 0 Å². The van der Waals surface area contributed by atoms with Crippen molar-refractivity contribution in [2.45, 2.75) is 74.8 Å². The van der Waals surface area contributed by atoms with Crippen LogP contribution in [0.4, 0.5) is 18.9 Å². The number of hydrogen-bond acceptors (Lipinski definition) is 5. The summed E-state index contributed by atoms with van der Waals surface area (Å²) in [5.41, 5.74) is 4.95. The molecule has 3 aliphatic rings. The predicted octanol–water partition coefficient (Wildman–Crippen LogP) is 3.66. The number of benzodiazepines with no additional fused rings is 1. The Kier molecular flexibility index (Phi) is 7.20. The first-order chi connectivity index (χ1) is 18.9. The number of halogens is 3. The Labute approximate surface area is 230 Å². The lowest BCUT2D eigenvalue weighted by Crippen LogP contribution is -2.65. The van der Waals surface area contributed by atoms with E-state index in [9.17, 15) is 27.6 Å². The van der Waals surface area contributed by atoms with Crippen LogP contribution in [0.2, 0.25) is 0 Å². The number of aliphatic imine (C=N–C) groups is 1. The molecule has 1 heterocycles. The standard InChI is InChI=1S/C29H32F3N5O3/c1-37-21-9-3-2-8-20(21)22(18-10-12-19(13-11-18)29(30,31)32)34-23(24(37)38)35-26(40)28(16-6-7-17-28)36-25(39)27(33)14-4-5-15-27/h2-3,8-13,23H,4-7,14-17,33H2,1H3,(H,35,40)(H,36,39)/t23-/m1/s1. The van der Waals surface area contributed by atoms with Crippen molar-refractivity contribution < 1.29 is 27.6 Å². The van der Waals surface area contributed by atoms with Gasteiger partial charge >= 0.3 is 6.18 Å². The van der Waals surface area contributed by atoms with Gasteiger partial charge in [0.05, 0.1) is 22.5 Å². The van der Waals surface area contributed by atoms with Gasteiger partial charge in [-0.05, 0) is 43.9 Å². The number of anilines is 1. The van der Waals surface area contributed by atoms with Crippen molar-refractivity contribution in [3.05, 3.63) is 65.2 Å². The molecule has 1 atom stereocenters. The molecular formula is C29H32F3N5O3. The van der Waals surface area contributed by atoms with Gasteiger partial charge in [-0.1, -0.05) is 56.0 Å². The molecule has 2 saturated carbocycles. The van der Waals surface area contributed by atoms with Gasteiger partial charge in [0.2, 0.25) is 18.0 Å². The minimum atomic E-state index is -4.50. The Morgan fingerprint density at radius 3 is 2.17 bits per heavy atom. The van der Waals surface area contributed by atoms with Crippen molar-refractivity contribution in [1.82, 2.24) is 10.6 Å². The third-order valence-electron chi connectivity index (χ3n) is 8.29. The number of para-hydroxylation sites is 1. The Bertz CT molecular complexity index is 1340. The van der Waals surface area contributed by atoms with Gasteiger partial charge in [0.1, 0.15) is 5.54 Å². The first kappa shape index (κ1) is 27.8. The minimum Gasteiger partial charge on any atom is -0.340 e. The summed E-state index contributed by atoms with van der Waals surface area (Å²) in [5.74, 6) is -1.42. The molecule has 40 heavy (non-hydrogen) atoms. The fraction of sp³-hybridized carbons (Fsp3) is 0.448. The number of nitrogens with zero attached hydrogens (tertiary/aromatic N) is 2. The zero-order chi connectivity index (χ0) is 28.7. The highest BCUT2D eigenvalue weighted by Gasteiger charge is 2.48. The number of likely N-dealkylation sites (N-methyl/N-ethyl adjacent to an activating group) is 1. The molecule has 1 aliphatic heterocycles. The summed E-state index contributed by atoms with van der Waals surface area (Å²) in [4.78, 5) is 46.5. The predicted molar refractivity (Wildman–Crippen MR) is 144 cm³/mol. The summed E-state index contributed by atoms with van der Waals surface area (Å²) in [6.45, 7) is 0. The number of rotatable bonds is 5. The quantitative estimate of drug-likeness (QED) is 0.522. The molecule has 0 saturated heterocycles. The molecular weight excluding hydrogens is 523 g/mol. The molecule has 11 heteroatoms. The maximum atomic E-state index is 13.8. The number of benzene rings is 2. The van der Waals surface area contributed by atoms with Crippen molar-refractivity contribution in [2.24, 2.45) is 10.7 Å². The molecule has 2 aromatic carbocycles. The highest BCUT2D eigenvalue weighted by molar-refractivity contribution is 6.20. The molecule has 2 aliphatic carbocycles. The van der Waals surface area contributed by atoms with Crippen molar-refractivity contribution >= 4 is 29.1 Å². The molecule has 2 fully saturated rings. The van der Waals surface area contributed by atoms with Gasteiger partial charge < -0.3 is 21.3 Å².